The third-order valence-corrected chi connectivity index (χ3v) is 10.7. The van der Waals surface area contributed by atoms with Crippen LogP contribution in [0, 0.1) is 17.6 Å². The van der Waals surface area contributed by atoms with Crippen LogP contribution in [-0.2, 0) is 46.9 Å². The van der Waals surface area contributed by atoms with Gasteiger partial charge < -0.3 is 15.7 Å². The summed E-state index contributed by atoms with van der Waals surface area (Å²) in [5.41, 5.74) is -2.21. The van der Waals surface area contributed by atoms with E-state index in [9.17, 15) is 40.3 Å². The Bertz CT molecular complexity index is 2470. The number of amides is 1. The zero-order chi connectivity index (χ0) is 40.5. The zero-order valence-electron chi connectivity index (χ0n) is 29.4. The number of pyridine rings is 1. The van der Waals surface area contributed by atoms with Gasteiger partial charge in [-0.25, -0.2) is 22.2 Å². The smallest absolute Gasteiger partial charge is 0.395 e. The van der Waals surface area contributed by atoms with Gasteiger partial charge >= 0.3 is 6.18 Å². The molecule has 2 aromatic carbocycles. The van der Waals surface area contributed by atoms with Gasteiger partial charge in [-0.05, 0) is 61.1 Å². The van der Waals surface area contributed by atoms with Gasteiger partial charge in [0.2, 0.25) is 15.9 Å². The molecule has 7 rings (SSSR count). The molecule has 3 unspecified atom stereocenters. The largest absolute Gasteiger partial charge is 0.435 e. The van der Waals surface area contributed by atoms with E-state index in [4.69, 9.17) is 11.6 Å². The Balaban J connectivity index is 1.36. The standard InChI is InChI=1S/C35H32ClF7N8O4S/c1-50-30-20(4-7-23(36)28(30)33(48-50)49-56(2,54)55)19-5-8-25(44-9-10-52)46-29(19)24(13-16-11-17(37)14-18(38)12-16)45-26(53)15-51-32-27(31(47-51)35(41,42)43)21-3-6-22(21)34(32,39)40/h4-5,7-8,11-12,14,21-22,24,52H,3,6,9-10,13,15H2,1-2H3,(H,44,46)(H,45,53)(H,48,49). The molecule has 1 saturated carbocycles. The van der Waals surface area contributed by atoms with Crippen molar-refractivity contribution in [3.05, 3.63) is 87.3 Å². The van der Waals surface area contributed by atoms with E-state index in [0.717, 1.165) is 18.4 Å². The number of hydrogen-bond donors (Lipinski definition) is 4. The number of halogens is 8. The summed E-state index contributed by atoms with van der Waals surface area (Å²) in [5.74, 6) is -9.07. The highest BCUT2D eigenvalue weighted by molar-refractivity contribution is 7.92. The van der Waals surface area contributed by atoms with Crippen LogP contribution < -0.4 is 15.4 Å². The number of benzene rings is 2. The minimum Gasteiger partial charge on any atom is -0.395 e. The van der Waals surface area contributed by atoms with Crippen molar-refractivity contribution in [1.82, 2.24) is 29.9 Å². The van der Waals surface area contributed by atoms with E-state index in [1.165, 1.54) is 23.9 Å². The number of carbonyl (C=O) groups excluding carboxylic acids is 1. The highest BCUT2D eigenvalue weighted by Crippen LogP contribution is 2.64. The Labute approximate surface area is 319 Å². The van der Waals surface area contributed by atoms with Crippen molar-refractivity contribution in [2.45, 2.75) is 49.9 Å². The van der Waals surface area contributed by atoms with Crippen molar-refractivity contribution in [3.63, 3.8) is 0 Å². The van der Waals surface area contributed by atoms with Gasteiger partial charge in [-0.1, -0.05) is 17.7 Å². The normalized spacial score (nSPS) is 18.0. The van der Waals surface area contributed by atoms with Crippen LogP contribution in [0.5, 0.6) is 0 Å². The lowest BCUT2D eigenvalue weighted by molar-refractivity contribution is -0.144. The van der Waals surface area contributed by atoms with E-state index in [-0.39, 0.29) is 76.8 Å². The Kier molecular flexibility index (Phi) is 9.97. The minimum atomic E-state index is -5.08. The van der Waals surface area contributed by atoms with Gasteiger partial charge in [0.25, 0.3) is 5.92 Å². The summed E-state index contributed by atoms with van der Waals surface area (Å²) in [4.78, 5) is 18.6. The quantitative estimate of drug-likeness (QED) is 0.108. The van der Waals surface area contributed by atoms with Crippen LogP contribution in [0.15, 0.2) is 42.5 Å². The number of fused-ring (bicyclic) bond motifs is 4. The summed E-state index contributed by atoms with van der Waals surface area (Å²) >= 11 is 6.55. The summed E-state index contributed by atoms with van der Waals surface area (Å²) in [7, 11) is -2.33. The van der Waals surface area contributed by atoms with Gasteiger partial charge in [-0.15, -0.1) is 0 Å². The molecule has 0 saturated heterocycles. The number of hydrogen-bond acceptors (Lipinski definition) is 8. The highest BCUT2D eigenvalue weighted by atomic mass is 35.5. The van der Waals surface area contributed by atoms with E-state index < -0.39 is 81.0 Å². The number of aryl methyl sites for hydroxylation is 1. The number of rotatable bonds is 12. The maximum absolute atomic E-state index is 15.6. The number of alkyl halides is 5. The van der Waals surface area contributed by atoms with Gasteiger partial charge in [-0.2, -0.15) is 32.1 Å². The molecule has 1 amide bonds. The fraction of sp³-hybridized carbons (Fsp3) is 0.371. The number of aromatic nitrogens is 5. The number of aliphatic hydroxyl groups is 1. The van der Waals surface area contributed by atoms with Crippen LogP contribution in [0.2, 0.25) is 5.02 Å². The highest BCUT2D eigenvalue weighted by Gasteiger charge is 2.63. The first-order valence-corrected chi connectivity index (χ1v) is 19.3. The average molecular weight is 829 g/mol. The van der Waals surface area contributed by atoms with Gasteiger partial charge in [0.1, 0.15) is 29.7 Å². The number of nitrogens with one attached hydrogen (secondary N) is 3. The molecule has 298 valence electrons. The summed E-state index contributed by atoms with van der Waals surface area (Å²) in [6.07, 6.45) is -4.43. The van der Waals surface area contributed by atoms with Crippen molar-refractivity contribution < 1.29 is 49.1 Å². The van der Waals surface area contributed by atoms with Crippen molar-refractivity contribution in [2.24, 2.45) is 13.0 Å². The minimum absolute atomic E-state index is 0.00233. The zero-order valence-corrected chi connectivity index (χ0v) is 30.9. The van der Waals surface area contributed by atoms with Crippen LogP contribution in [-0.4, -0.2) is 63.4 Å². The van der Waals surface area contributed by atoms with Gasteiger partial charge in [-0.3, -0.25) is 18.9 Å². The molecule has 4 N–H and O–H groups in total. The number of sulfonamides is 1. The molecule has 3 heterocycles. The number of anilines is 2. The molecule has 0 aliphatic heterocycles. The van der Waals surface area contributed by atoms with Gasteiger partial charge in [0.15, 0.2) is 11.5 Å². The van der Waals surface area contributed by atoms with E-state index in [1.807, 2.05) is 0 Å². The Morgan fingerprint density at radius 1 is 1.07 bits per heavy atom. The molecule has 0 spiro atoms. The molecular formula is C35H32ClF7N8O4S. The summed E-state index contributed by atoms with van der Waals surface area (Å²) in [5, 5.41) is 23.0. The first-order valence-electron chi connectivity index (χ1n) is 17.1. The predicted octanol–water partition coefficient (Wildman–Crippen LogP) is 6.26. The third-order valence-electron chi connectivity index (χ3n) is 9.86. The topological polar surface area (TPSA) is 156 Å². The molecule has 56 heavy (non-hydrogen) atoms. The van der Waals surface area contributed by atoms with Crippen LogP contribution in [0.1, 0.15) is 53.0 Å². The Hall–Kier alpha value is -4.95. The molecule has 12 nitrogen and oxygen atoms in total. The van der Waals surface area contributed by atoms with Gasteiger partial charge in [0, 0.05) is 42.3 Å². The van der Waals surface area contributed by atoms with E-state index in [2.05, 4.69) is 30.5 Å². The fourth-order valence-electron chi connectivity index (χ4n) is 7.61. The number of carbonyl (C=O) groups is 1. The maximum Gasteiger partial charge on any atom is 0.435 e. The molecule has 0 radical (unpaired) electrons. The summed E-state index contributed by atoms with van der Waals surface area (Å²) in [6.45, 7) is -1.37. The van der Waals surface area contributed by atoms with Crippen LogP contribution in [0.25, 0.3) is 22.0 Å². The second-order valence-corrected chi connectivity index (χ2v) is 15.9. The van der Waals surface area contributed by atoms with Crippen LogP contribution >= 0.6 is 11.6 Å². The molecular weight excluding hydrogens is 797 g/mol. The number of nitrogens with zero attached hydrogens (tertiary/aromatic N) is 5. The molecule has 2 aliphatic carbocycles. The molecule has 0 bridgehead atoms. The van der Waals surface area contributed by atoms with Crippen molar-refractivity contribution in [1.29, 1.82) is 0 Å². The monoisotopic (exact) mass is 828 g/mol. The second kappa shape index (κ2) is 14.2. The molecule has 5 aromatic rings. The Morgan fingerprint density at radius 2 is 1.77 bits per heavy atom. The van der Waals surface area contributed by atoms with E-state index in [0.29, 0.717) is 16.3 Å². The fourth-order valence-corrected chi connectivity index (χ4v) is 8.34. The lowest BCUT2D eigenvalue weighted by Gasteiger charge is -2.34. The van der Waals surface area contributed by atoms with Gasteiger partial charge in [0.05, 0.1) is 40.5 Å². The summed E-state index contributed by atoms with van der Waals surface area (Å²) < 4.78 is 131. The first kappa shape index (κ1) is 39.3. The number of aliphatic hydroxyl groups excluding tert-OH is 1. The van der Waals surface area contributed by atoms with Crippen LogP contribution in [0.3, 0.4) is 0 Å². The lowest BCUT2D eigenvalue weighted by Crippen LogP contribution is -2.36. The molecule has 1 fully saturated rings. The van der Waals surface area contributed by atoms with Crippen LogP contribution in [0.4, 0.5) is 42.4 Å². The molecule has 3 atom stereocenters. The lowest BCUT2D eigenvalue weighted by atomic mass is 9.73. The van der Waals surface area contributed by atoms with Crippen molar-refractivity contribution >= 4 is 50.1 Å². The second-order valence-electron chi connectivity index (χ2n) is 13.7. The van der Waals surface area contributed by atoms with Crippen molar-refractivity contribution in [2.75, 3.05) is 29.4 Å². The first-order chi connectivity index (χ1) is 26.3. The molecule has 2 aliphatic rings. The Morgan fingerprint density at radius 3 is 2.39 bits per heavy atom. The SMILES string of the molecule is Cn1nc(NS(C)(=O)=O)c2c(Cl)ccc(-c3ccc(NCCO)nc3C(Cc3cc(F)cc(F)c3)NC(=O)Cn3nc(C(F)(F)F)c4c3C(F)(F)C3CCC43)c21. The van der Waals surface area contributed by atoms with E-state index >= 15 is 8.78 Å². The van der Waals surface area contributed by atoms with Crippen molar-refractivity contribution in [3.8, 4) is 11.1 Å². The predicted molar refractivity (Wildman–Crippen MR) is 191 cm³/mol. The molecule has 3 aromatic heterocycles. The third kappa shape index (κ3) is 7.24. The molecule has 21 heteroatoms. The van der Waals surface area contributed by atoms with E-state index in [1.54, 1.807) is 12.1 Å². The average Bonchev–Trinajstić information content (AvgIpc) is 3.64. The maximum atomic E-state index is 15.6. The summed E-state index contributed by atoms with van der Waals surface area (Å²) in [6, 6.07) is 7.34.